The van der Waals surface area contributed by atoms with Crippen LogP contribution in [0, 0.1) is 6.92 Å². The van der Waals surface area contributed by atoms with Crippen LogP contribution < -0.4 is 9.64 Å². The predicted octanol–water partition coefficient (Wildman–Crippen LogP) is 3.07. The first-order valence-electron chi connectivity index (χ1n) is 8.34. The number of aryl methyl sites for hydroxylation is 1. The van der Waals surface area contributed by atoms with Crippen molar-refractivity contribution in [2.24, 2.45) is 0 Å². The first-order chi connectivity index (χ1) is 12.6. The van der Waals surface area contributed by atoms with Gasteiger partial charge in [0.15, 0.2) is 5.65 Å². The molecule has 1 N–H and O–H groups in total. The highest BCUT2D eigenvalue weighted by Gasteiger charge is 2.13. The third-order valence-corrected chi connectivity index (χ3v) is 4.27. The molecule has 0 bridgehead atoms. The summed E-state index contributed by atoms with van der Waals surface area (Å²) in [6.45, 7) is 2.69. The zero-order valence-corrected chi connectivity index (χ0v) is 15.0. The van der Waals surface area contributed by atoms with Crippen molar-refractivity contribution in [1.29, 1.82) is 0 Å². The fourth-order valence-electron chi connectivity index (χ4n) is 2.99. The van der Waals surface area contributed by atoms with Gasteiger partial charge in [0.2, 0.25) is 0 Å². The third kappa shape index (κ3) is 2.99. The standard InChI is InChI=1S/C19H20N6O/c1-13-7-19-22-18(9-17(25(19)23-13)15-10-20-21-11-15)24(2)12-14-5-4-6-16(8-14)26-3/h4-11H,12H2,1-3H3,(H,20,21). The van der Waals surface area contributed by atoms with Crippen LogP contribution in [0.4, 0.5) is 5.82 Å². The number of nitrogens with zero attached hydrogens (tertiary/aromatic N) is 5. The Morgan fingerprint density at radius 1 is 1.23 bits per heavy atom. The summed E-state index contributed by atoms with van der Waals surface area (Å²) in [5, 5.41) is 11.5. The maximum Gasteiger partial charge on any atom is 0.158 e. The second kappa shape index (κ2) is 6.51. The Morgan fingerprint density at radius 3 is 2.88 bits per heavy atom. The number of anilines is 1. The number of hydrogen-bond acceptors (Lipinski definition) is 5. The van der Waals surface area contributed by atoms with Gasteiger partial charge in [0.25, 0.3) is 0 Å². The van der Waals surface area contributed by atoms with Crippen LogP contribution in [0.3, 0.4) is 0 Å². The number of aromatic nitrogens is 5. The van der Waals surface area contributed by atoms with E-state index in [1.165, 1.54) is 0 Å². The smallest absolute Gasteiger partial charge is 0.158 e. The van der Waals surface area contributed by atoms with E-state index < -0.39 is 0 Å². The zero-order valence-electron chi connectivity index (χ0n) is 15.0. The van der Waals surface area contributed by atoms with E-state index in [1.54, 1.807) is 13.3 Å². The average molecular weight is 348 g/mol. The second-order valence-corrected chi connectivity index (χ2v) is 6.25. The molecule has 0 amide bonds. The molecule has 0 fully saturated rings. The predicted molar refractivity (Wildman–Crippen MR) is 100 cm³/mol. The van der Waals surface area contributed by atoms with Crippen LogP contribution in [0.15, 0.2) is 48.8 Å². The van der Waals surface area contributed by atoms with Gasteiger partial charge in [0.05, 0.1) is 24.7 Å². The Labute approximate surface area is 151 Å². The summed E-state index contributed by atoms with van der Waals surface area (Å²) >= 11 is 0. The molecule has 132 valence electrons. The number of methoxy groups -OCH3 is 1. The molecule has 0 aliphatic carbocycles. The Morgan fingerprint density at radius 2 is 2.12 bits per heavy atom. The fourth-order valence-corrected chi connectivity index (χ4v) is 2.99. The van der Waals surface area contributed by atoms with Gasteiger partial charge in [-0.05, 0) is 24.6 Å². The van der Waals surface area contributed by atoms with Crippen LogP contribution in [0.2, 0.25) is 0 Å². The van der Waals surface area contributed by atoms with Crippen molar-refractivity contribution < 1.29 is 4.74 Å². The van der Waals surface area contributed by atoms with Crippen molar-refractivity contribution in [3.63, 3.8) is 0 Å². The second-order valence-electron chi connectivity index (χ2n) is 6.25. The Balaban J connectivity index is 1.73. The highest BCUT2D eigenvalue weighted by molar-refractivity contribution is 5.66. The molecule has 7 nitrogen and oxygen atoms in total. The maximum atomic E-state index is 5.31. The topological polar surface area (TPSA) is 71.3 Å². The SMILES string of the molecule is COc1cccc(CN(C)c2cc(-c3cn[nH]c3)n3nc(C)cc3n2)c1. The van der Waals surface area contributed by atoms with Crippen LogP contribution in [0.25, 0.3) is 16.9 Å². The minimum atomic E-state index is 0.721. The zero-order chi connectivity index (χ0) is 18.1. The van der Waals surface area contributed by atoms with Gasteiger partial charge >= 0.3 is 0 Å². The highest BCUT2D eigenvalue weighted by Crippen LogP contribution is 2.25. The van der Waals surface area contributed by atoms with E-state index in [4.69, 9.17) is 9.72 Å². The van der Waals surface area contributed by atoms with Crippen LogP contribution in [-0.2, 0) is 6.54 Å². The Hall–Kier alpha value is -3.35. The normalized spacial score (nSPS) is 11.0. The number of hydrogen-bond donors (Lipinski definition) is 1. The lowest BCUT2D eigenvalue weighted by Crippen LogP contribution is -2.18. The van der Waals surface area contributed by atoms with Crippen molar-refractivity contribution in [3.8, 4) is 17.0 Å². The molecule has 0 atom stereocenters. The van der Waals surface area contributed by atoms with Gasteiger partial charge < -0.3 is 9.64 Å². The molecule has 0 radical (unpaired) electrons. The molecule has 0 saturated carbocycles. The lowest BCUT2D eigenvalue weighted by atomic mass is 10.2. The summed E-state index contributed by atoms with van der Waals surface area (Å²) in [5.41, 5.74) is 4.81. The summed E-state index contributed by atoms with van der Waals surface area (Å²) in [5.74, 6) is 1.72. The van der Waals surface area contributed by atoms with E-state index in [-0.39, 0.29) is 0 Å². The van der Waals surface area contributed by atoms with Crippen LogP contribution in [0.1, 0.15) is 11.3 Å². The maximum absolute atomic E-state index is 5.31. The van der Waals surface area contributed by atoms with E-state index in [2.05, 4.69) is 26.3 Å². The number of ether oxygens (including phenoxy) is 1. The molecule has 1 aromatic carbocycles. The van der Waals surface area contributed by atoms with Crippen molar-refractivity contribution in [3.05, 3.63) is 60.0 Å². The van der Waals surface area contributed by atoms with Crippen molar-refractivity contribution in [1.82, 2.24) is 24.8 Å². The molecule has 4 rings (SSSR count). The minimum absolute atomic E-state index is 0.721. The van der Waals surface area contributed by atoms with Crippen LogP contribution in [-0.4, -0.2) is 39.0 Å². The van der Waals surface area contributed by atoms with Gasteiger partial charge in [-0.3, -0.25) is 5.10 Å². The molecule has 3 aromatic heterocycles. The summed E-state index contributed by atoms with van der Waals surface area (Å²) in [7, 11) is 3.71. The largest absolute Gasteiger partial charge is 0.497 e. The summed E-state index contributed by atoms with van der Waals surface area (Å²) in [4.78, 5) is 6.88. The van der Waals surface area contributed by atoms with E-state index in [9.17, 15) is 0 Å². The Bertz CT molecular complexity index is 1040. The fraction of sp³-hybridized carbons (Fsp3) is 0.211. The molecule has 0 spiro atoms. The minimum Gasteiger partial charge on any atom is -0.497 e. The molecule has 0 aliphatic rings. The molecule has 0 saturated heterocycles. The number of nitrogens with one attached hydrogen (secondary N) is 1. The molecule has 0 unspecified atom stereocenters. The van der Waals surface area contributed by atoms with Gasteiger partial charge in [0.1, 0.15) is 11.6 Å². The first-order valence-corrected chi connectivity index (χ1v) is 8.34. The van der Waals surface area contributed by atoms with Gasteiger partial charge in [-0.2, -0.15) is 10.2 Å². The number of fused-ring (bicyclic) bond motifs is 1. The number of rotatable bonds is 5. The highest BCUT2D eigenvalue weighted by atomic mass is 16.5. The molecule has 26 heavy (non-hydrogen) atoms. The summed E-state index contributed by atoms with van der Waals surface area (Å²) in [6, 6.07) is 12.1. The first kappa shape index (κ1) is 16.1. The lowest BCUT2D eigenvalue weighted by Gasteiger charge is -2.19. The number of benzene rings is 1. The summed E-state index contributed by atoms with van der Waals surface area (Å²) < 4.78 is 7.16. The van der Waals surface area contributed by atoms with Crippen molar-refractivity contribution in [2.75, 3.05) is 19.1 Å². The Kier molecular flexibility index (Phi) is 4.04. The third-order valence-electron chi connectivity index (χ3n) is 4.27. The molecule has 4 aromatic rings. The number of H-pyrrole nitrogens is 1. The van der Waals surface area contributed by atoms with Gasteiger partial charge in [-0.15, -0.1) is 0 Å². The lowest BCUT2D eigenvalue weighted by molar-refractivity contribution is 0.414. The van der Waals surface area contributed by atoms with Gasteiger partial charge in [-0.1, -0.05) is 12.1 Å². The van der Waals surface area contributed by atoms with Crippen LogP contribution >= 0.6 is 0 Å². The van der Waals surface area contributed by atoms with E-state index >= 15 is 0 Å². The quantitative estimate of drug-likeness (QED) is 0.600. The molecular weight excluding hydrogens is 328 g/mol. The van der Waals surface area contributed by atoms with Crippen LogP contribution in [0.5, 0.6) is 5.75 Å². The molecular formula is C19H20N6O. The monoisotopic (exact) mass is 348 g/mol. The average Bonchev–Trinajstić information content (AvgIpc) is 3.29. The van der Waals surface area contributed by atoms with Gasteiger partial charge in [0, 0.05) is 37.5 Å². The van der Waals surface area contributed by atoms with E-state index in [0.29, 0.717) is 0 Å². The van der Waals surface area contributed by atoms with Gasteiger partial charge in [-0.25, -0.2) is 9.50 Å². The van der Waals surface area contributed by atoms with E-state index in [0.717, 1.165) is 46.3 Å². The molecule has 0 aliphatic heterocycles. The molecule has 3 heterocycles. The molecule has 7 heteroatoms. The van der Waals surface area contributed by atoms with Crippen molar-refractivity contribution >= 4 is 11.5 Å². The summed E-state index contributed by atoms with van der Waals surface area (Å²) in [6.07, 6.45) is 3.65. The number of aromatic amines is 1. The van der Waals surface area contributed by atoms with Crippen molar-refractivity contribution in [2.45, 2.75) is 13.5 Å². The van der Waals surface area contributed by atoms with E-state index in [1.807, 2.05) is 55.0 Å².